The van der Waals surface area contributed by atoms with Gasteiger partial charge in [0.05, 0.1) is 12.0 Å². The van der Waals surface area contributed by atoms with E-state index in [0.717, 1.165) is 11.1 Å². The van der Waals surface area contributed by atoms with E-state index in [1.165, 1.54) is 4.90 Å². The minimum absolute atomic E-state index is 0.0987. The van der Waals surface area contributed by atoms with Gasteiger partial charge in [-0.15, -0.1) is 0 Å². The molecule has 1 aromatic carbocycles. The fourth-order valence-corrected chi connectivity index (χ4v) is 2.86. The second kappa shape index (κ2) is 6.59. The van der Waals surface area contributed by atoms with Crippen LogP contribution in [0.2, 0.25) is 0 Å². The second-order valence-electron chi connectivity index (χ2n) is 6.63. The fourth-order valence-electron chi connectivity index (χ4n) is 2.86. The molecular formula is C19H21N5O2. The van der Waals surface area contributed by atoms with Crippen LogP contribution in [0.15, 0.2) is 47.6 Å². The predicted molar refractivity (Wildman–Crippen MR) is 99.7 cm³/mol. The molecule has 0 fully saturated rings. The lowest BCUT2D eigenvalue weighted by Crippen LogP contribution is -2.47. The number of aryl methyl sites for hydroxylation is 1. The number of carbonyl (C=O) groups is 2. The molecule has 0 radical (unpaired) electrons. The summed E-state index contributed by atoms with van der Waals surface area (Å²) >= 11 is 0. The highest BCUT2D eigenvalue weighted by Gasteiger charge is 2.36. The third kappa shape index (κ3) is 3.42. The van der Waals surface area contributed by atoms with Crippen LogP contribution in [0, 0.1) is 6.92 Å². The zero-order valence-corrected chi connectivity index (χ0v) is 15.0. The summed E-state index contributed by atoms with van der Waals surface area (Å²) in [4.78, 5) is 34.5. The lowest BCUT2D eigenvalue weighted by molar-refractivity contribution is -0.128. The van der Waals surface area contributed by atoms with E-state index in [1.54, 1.807) is 25.4 Å². The number of aliphatic imine (C=N–C) groups is 1. The molecule has 1 aliphatic heterocycles. The fraction of sp³-hybridized carbons (Fsp3) is 0.263. The minimum atomic E-state index is -0.768. The van der Waals surface area contributed by atoms with Gasteiger partial charge in [0.25, 0.3) is 5.91 Å². The van der Waals surface area contributed by atoms with Crippen molar-refractivity contribution in [2.75, 3.05) is 12.4 Å². The van der Waals surface area contributed by atoms with Crippen LogP contribution in [0.3, 0.4) is 0 Å². The highest BCUT2D eigenvalue weighted by Crippen LogP contribution is 2.34. The van der Waals surface area contributed by atoms with Gasteiger partial charge in [0, 0.05) is 18.9 Å². The zero-order chi connectivity index (χ0) is 18.9. The van der Waals surface area contributed by atoms with Crippen LogP contribution >= 0.6 is 0 Å². The van der Waals surface area contributed by atoms with E-state index in [2.05, 4.69) is 15.3 Å². The van der Waals surface area contributed by atoms with Gasteiger partial charge < -0.3 is 11.1 Å². The maximum atomic E-state index is 12.4. The number of nitrogens with one attached hydrogen (secondary N) is 1. The van der Waals surface area contributed by atoms with E-state index in [0.29, 0.717) is 11.4 Å². The summed E-state index contributed by atoms with van der Waals surface area (Å²) < 4.78 is 0. The first-order valence-electron chi connectivity index (χ1n) is 8.25. The van der Waals surface area contributed by atoms with Crippen molar-refractivity contribution in [3.63, 3.8) is 0 Å². The number of nitrogens with zero attached hydrogens (tertiary/aromatic N) is 3. The molecule has 3 N–H and O–H groups in total. The molecule has 7 nitrogen and oxygen atoms in total. The molecule has 134 valence electrons. The first-order chi connectivity index (χ1) is 12.3. The Hall–Kier alpha value is -3.22. The van der Waals surface area contributed by atoms with Gasteiger partial charge in [-0.05, 0) is 49.2 Å². The van der Waals surface area contributed by atoms with E-state index in [-0.39, 0.29) is 24.2 Å². The van der Waals surface area contributed by atoms with Gasteiger partial charge in [0.15, 0.2) is 5.96 Å². The normalized spacial score (nSPS) is 19.9. The summed E-state index contributed by atoms with van der Waals surface area (Å²) in [6.45, 7) is 3.76. The lowest BCUT2D eigenvalue weighted by Gasteiger charge is -2.33. The predicted octanol–water partition coefficient (Wildman–Crippen LogP) is 2.03. The Morgan fingerprint density at radius 3 is 2.77 bits per heavy atom. The Bertz CT molecular complexity index is 908. The number of anilines is 1. The molecule has 0 saturated heterocycles. The average molecular weight is 351 g/mol. The van der Waals surface area contributed by atoms with E-state index >= 15 is 0 Å². The largest absolute Gasteiger partial charge is 0.369 e. The van der Waals surface area contributed by atoms with Crippen LogP contribution in [0.5, 0.6) is 0 Å². The van der Waals surface area contributed by atoms with Crippen LogP contribution in [0.25, 0.3) is 0 Å². The Labute approximate surface area is 151 Å². The summed E-state index contributed by atoms with van der Waals surface area (Å²) in [5.74, 6) is -0.209. The molecule has 2 heterocycles. The van der Waals surface area contributed by atoms with E-state index < -0.39 is 5.54 Å². The number of carbonyl (C=O) groups excluding carboxylic acids is 2. The molecule has 3 rings (SSSR count). The number of hydrogen-bond donors (Lipinski definition) is 2. The number of guanidine groups is 1. The lowest BCUT2D eigenvalue weighted by atomic mass is 9.87. The van der Waals surface area contributed by atoms with Crippen LogP contribution in [-0.4, -0.2) is 34.7 Å². The quantitative estimate of drug-likeness (QED) is 0.883. The van der Waals surface area contributed by atoms with Crippen molar-refractivity contribution in [1.29, 1.82) is 0 Å². The van der Waals surface area contributed by atoms with Crippen molar-refractivity contribution >= 4 is 23.5 Å². The van der Waals surface area contributed by atoms with Gasteiger partial charge in [-0.25, -0.2) is 4.99 Å². The SMILES string of the molecule is Cc1ccnc(C(=O)Nc2cccc([C@]3(C)CC(=O)N(C)C(N)=N3)c2)c1. The number of rotatable bonds is 3. The summed E-state index contributed by atoms with van der Waals surface area (Å²) in [6, 6.07) is 10.8. The maximum Gasteiger partial charge on any atom is 0.274 e. The molecule has 0 aliphatic carbocycles. The average Bonchev–Trinajstić information content (AvgIpc) is 2.60. The number of aromatic nitrogens is 1. The van der Waals surface area contributed by atoms with Crippen molar-refractivity contribution in [2.24, 2.45) is 10.7 Å². The Morgan fingerprint density at radius 1 is 1.31 bits per heavy atom. The summed E-state index contributed by atoms with van der Waals surface area (Å²) in [5, 5.41) is 2.84. The molecule has 1 aromatic heterocycles. The third-order valence-corrected chi connectivity index (χ3v) is 4.46. The molecule has 0 saturated carbocycles. The standard InChI is InChI=1S/C19H21N5O2/c1-12-7-8-21-15(9-12)17(26)22-14-6-4-5-13(10-14)19(2)11-16(25)24(3)18(20)23-19/h4-10H,11H2,1-3H3,(H2,20,23)(H,22,26)/t19-/m0/s1. The zero-order valence-electron chi connectivity index (χ0n) is 15.0. The van der Waals surface area contributed by atoms with Gasteiger partial charge in [-0.2, -0.15) is 0 Å². The highest BCUT2D eigenvalue weighted by atomic mass is 16.2. The summed E-state index contributed by atoms with van der Waals surface area (Å²) in [7, 11) is 1.60. The first-order valence-corrected chi connectivity index (χ1v) is 8.25. The Morgan fingerprint density at radius 2 is 2.08 bits per heavy atom. The van der Waals surface area contributed by atoms with Gasteiger partial charge in [-0.1, -0.05) is 12.1 Å². The highest BCUT2D eigenvalue weighted by molar-refractivity contribution is 6.03. The molecule has 26 heavy (non-hydrogen) atoms. The van der Waals surface area contributed by atoms with Gasteiger partial charge in [0.1, 0.15) is 5.69 Å². The van der Waals surface area contributed by atoms with Crippen molar-refractivity contribution in [3.05, 3.63) is 59.4 Å². The Balaban J connectivity index is 1.87. The van der Waals surface area contributed by atoms with Crippen molar-refractivity contribution in [2.45, 2.75) is 25.8 Å². The Kier molecular flexibility index (Phi) is 4.46. The maximum absolute atomic E-state index is 12.4. The van der Waals surface area contributed by atoms with Crippen LogP contribution in [0.4, 0.5) is 5.69 Å². The van der Waals surface area contributed by atoms with Crippen molar-refractivity contribution in [3.8, 4) is 0 Å². The molecule has 0 unspecified atom stereocenters. The van der Waals surface area contributed by atoms with Crippen LogP contribution in [0.1, 0.15) is 35.0 Å². The topological polar surface area (TPSA) is 101 Å². The number of nitrogens with two attached hydrogens (primary N) is 1. The smallest absolute Gasteiger partial charge is 0.274 e. The monoisotopic (exact) mass is 351 g/mol. The molecule has 1 aliphatic rings. The van der Waals surface area contributed by atoms with E-state index in [1.807, 2.05) is 38.1 Å². The van der Waals surface area contributed by atoms with E-state index in [4.69, 9.17) is 5.73 Å². The van der Waals surface area contributed by atoms with Gasteiger partial charge in [0.2, 0.25) is 5.91 Å². The van der Waals surface area contributed by atoms with Crippen molar-refractivity contribution in [1.82, 2.24) is 9.88 Å². The number of amides is 2. The number of pyridine rings is 1. The second-order valence-corrected chi connectivity index (χ2v) is 6.63. The third-order valence-electron chi connectivity index (χ3n) is 4.46. The summed E-state index contributed by atoms with van der Waals surface area (Å²) in [5.41, 5.74) is 7.82. The molecule has 0 spiro atoms. The molecular weight excluding hydrogens is 330 g/mol. The molecule has 7 heteroatoms. The summed E-state index contributed by atoms with van der Waals surface area (Å²) in [6.07, 6.45) is 1.81. The van der Waals surface area contributed by atoms with E-state index in [9.17, 15) is 9.59 Å². The molecule has 0 bridgehead atoms. The first kappa shape index (κ1) is 17.6. The van der Waals surface area contributed by atoms with Crippen molar-refractivity contribution < 1.29 is 9.59 Å². The van der Waals surface area contributed by atoms with Gasteiger partial charge in [-0.3, -0.25) is 19.5 Å². The number of benzene rings is 1. The van der Waals surface area contributed by atoms with Crippen LogP contribution < -0.4 is 11.1 Å². The number of hydrogen-bond acceptors (Lipinski definition) is 5. The molecule has 2 amide bonds. The minimum Gasteiger partial charge on any atom is -0.369 e. The molecule has 1 atom stereocenters. The van der Waals surface area contributed by atoms with Gasteiger partial charge >= 0.3 is 0 Å². The van der Waals surface area contributed by atoms with Crippen LogP contribution in [-0.2, 0) is 10.3 Å². The molecule has 2 aromatic rings.